The number of carbonyl (C=O) groups excluding carboxylic acids is 2. The standard InChI is InChI=1S/C30H46N4O6S/c1-6-12-34(13-7-2)28(36)24-15-25(17-27(16-24)41(38,39)33-30(4,5)21-35)29(37)40-26(18-31)20-32-19-23-11-9-10-22(8-3)14-23/h9-11,14-17,26,32-33,35H,6-8,12-13,18-21,31H2,1-5H3/t26-/m0/s1. The highest BCUT2D eigenvalue weighted by atomic mass is 32.2. The van der Waals surface area contributed by atoms with Gasteiger partial charge in [-0.1, -0.05) is 45.0 Å². The highest BCUT2D eigenvalue weighted by Gasteiger charge is 2.29. The molecule has 5 N–H and O–H groups in total. The van der Waals surface area contributed by atoms with Crippen LogP contribution in [-0.2, 0) is 27.7 Å². The molecule has 0 radical (unpaired) electrons. The zero-order chi connectivity index (χ0) is 30.6. The normalized spacial score (nSPS) is 12.7. The minimum atomic E-state index is -4.20. The van der Waals surface area contributed by atoms with Crippen LogP contribution in [-0.4, -0.2) is 74.7 Å². The van der Waals surface area contributed by atoms with Crippen LogP contribution in [0, 0.1) is 0 Å². The van der Waals surface area contributed by atoms with E-state index in [-0.39, 0.29) is 35.0 Å². The van der Waals surface area contributed by atoms with E-state index in [1.165, 1.54) is 37.6 Å². The van der Waals surface area contributed by atoms with Crippen LogP contribution >= 0.6 is 0 Å². The summed E-state index contributed by atoms with van der Waals surface area (Å²) in [6, 6.07) is 12.0. The number of hydrogen-bond donors (Lipinski definition) is 4. The van der Waals surface area contributed by atoms with Crippen molar-refractivity contribution in [1.29, 1.82) is 0 Å². The maximum atomic E-state index is 13.4. The predicted molar refractivity (Wildman–Crippen MR) is 160 cm³/mol. The molecule has 0 aliphatic rings. The van der Waals surface area contributed by atoms with Crippen LogP contribution in [0.4, 0.5) is 0 Å². The molecule has 1 atom stereocenters. The van der Waals surface area contributed by atoms with Gasteiger partial charge in [0, 0.05) is 38.3 Å². The molecule has 10 nitrogen and oxygen atoms in total. The fourth-order valence-corrected chi connectivity index (χ4v) is 5.69. The van der Waals surface area contributed by atoms with Crippen molar-refractivity contribution in [3.05, 3.63) is 64.7 Å². The summed E-state index contributed by atoms with van der Waals surface area (Å²) in [6.07, 6.45) is 1.69. The zero-order valence-electron chi connectivity index (χ0n) is 24.9. The number of benzene rings is 2. The Morgan fingerprint density at radius 1 is 1.02 bits per heavy atom. The summed E-state index contributed by atoms with van der Waals surface area (Å²) < 4.78 is 34.6. The summed E-state index contributed by atoms with van der Waals surface area (Å²) in [5.74, 6) is -1.17. The predicted octanol–water partition coefficient (Wildman–Crippen LogP) is 2.83. The molecule has 11 heteroatoms. The number of nitrogens with two attached hydrogens (primary N) is 1. The number of aryl methyl sites for hydroxylation is 1. The SMILES string of the molecule is CCCN(CCC)C(=O)c1cc(C(=O)O[C@@H](CN)CNCc2cccc(CC)c2)cc(S(=O)(=O)NC(C)(C)CO)c1. The number of aliphatic hydroxyl groups is 1. The first-order valence-corrected chi connectivity index (χ1v) is 15.7. The van der Waals surface area contributed by atoms with Crippen molar-refractivity contribution in [2.45, 2.75) is 77.0 Å². The third kappa shape index (κ3) is 10.5. The molecule has 41 heavy (non-hydrogen) atoms. The fraction of sp³-hybridized carbons (Fsp3) is 0.533. The Hall–Kier alpha value is -2.83. The zero-order valence-corrected chi connectivity index (χ0v) is 25.7. The monoisotopic (exact) mass is 590 g/mol. The van der Waals surface area contributed by atoms with E-state index in [0.29, 0.717) is 19.6 Å². The van der Waals surface area contributed by atoms with E-state index in [1.807, 2.05) is 26.0 Å². The number of sulfonamides is 1. The molecule has 2 aromatic rings. The maximum Gasteiger partial charge on any atom is 0.338 e. The Kier molecular flexibility index (Phi) is 13.4. The Labute approximate surface area is 244 Å². The van der Waals surface area contributed by atoms with Crippen LogP contribution in [0.1, 0.15) is 79.3 Å². The number of aliphatic hydroxyl groups excluding tert-OH is 1. The number of carbonyl (C=O) groups is 2. The second-order valence-corrected chi connectivity index (χ2v) is 12.4. The van der Waals surface area contributed by atoms with Crippen LogP contribution in [0.15, 0.2) is 47.4 Å². The molecule has 0 fully saturated rings. The molecule has 0 saturated heterocycles. The average molecular weight is 591 g/mol. The van der Waals surface area contributed by atoms with Gasteiger partial charge in [0.15, 0.2) is 0 Å². The molecule has 228 valence electrons. The molecule has 0 spiro atoms. The minimum absolute atomic E-state index is 0.0462. The molecule has 0 bridgehead atoms. The van der Waals surface area contributed by atoms with Gasteiger partial charge in [0.2, 0.25) is 10.0 Å². The van der Waals surface area contributed by atoms with Crippen LogP contribution in [0.3, 0.4) is 0 Å². The Balaban J connectivity index is 2.34. The number of nitrogens with one attached hydrogen (secondary N) is 2. The molecule has 0 unspecified atom stereocenters. The van der Waals surface area contributed by atoms with E-state index < -0.39 is 34.2 Å². The van der Waals surface area contributed by atoms with E-state index in [4.69, 9.17) is 10.5 Å². The van der Waals surface area contributed by atoms with Gasteiger partial charge < -0.3 is 25.8 Å². The van der Waals surface area contributed by atoms with Crippen molar-refractivity contribution in [2.75, 3.05) is 32.8 Å². The molecule has 2 rings (SSSR count). The lowest BCUT2D eigenvalue weighted by Crippen LogP contribution is -2.46. The molecular weight excluding hydrogens is 544 g/mol. The van der Waals surface area contributed by atoms with Gasteiger partial charge in [0.05, 0.1) is 22.6 Å². The summed E-state index contributed by atoms with van der Waals surface area (Å²) in [6.45, 7) is 10.4. The van der Waals surface area contributed by atoms with Gasteiger partial charge in [-0.3, -0.25) is 4.79 Å². The summed E-state index contributed by atoms with van der Waals surface area (Å²) in [7, 11) is -4.20. The Morgan fingerprint density at radius 2 is 1.66 bits per heavy atom. The van der Waals surface area contributed by atoms with Crippen LogP contribution in [0.2, 0.25) is 0 Å². The lowest BCUT2D eigenvalue weighted by atomic mass is 10.1. The molecule has 0 aliphatic heterocycles. The first-order chi connectivity index (χ1) is 19.4. The molecule has 0 aromatic heterocycles. The minimum Gasteiger partial charge on any atom is -0.456 e. The van der Waals surface area contributed by atoms with Gasteiger partial charge in [-0.15, -0.1) is 0 Å². The van der Waals surface area contributed by atoms with Crippen molar-refractivity contribution in [3.63, 3.8) is 0 Å². The number of hydrogen-bond acceptors (Lipinski definition) is 8. The van der Waals surface area contributed by atoms with Crippen molar-refractivity contribution >= 4 is 21.9 Å². The van der Waals surface area contributed by atoms with Crippen molar-refractivity contribution in [2.24, 2.45) is 5.73 Å². The number of rotatable bonds is 17. The Morgan fingerprint density at radius 3 is 2.24 bits per heavy atom. The van der Waals surface area contributed by atoms with E-state index in [2.05, 4.69) is 29.1 Å². The number of amides is 1. The average Bonchev–Trinajstić information content (AvgIpc) is 2.95. The van der Waals surface area contributed by atoms with Crippen LogP contribution in [0.25, 0.3) is 0 Å². The van der Waals surface area contributed by atoms with Gasteiger partial charge in [-0.05, 0) is 62.4 Å². The molecule has 0 saturated carbocycles. The summed E-state index contributed by atoms with van der Waals surface area (Å²) in [4.78, 5) is 28.0. The quantitative estimate of drug-likeness (QED) is 0.205. The van der Waals surface area contributed by atoms with E-state index in [0.717, 1.165) is 24.8 Å². The molecular formula is C30H46N4O6S. The second-order valence-electron chi connectivity index (χ2n) is 10.8. The first kappa shape index (κ1) is 34.4. The molecule has 1 amide bonds. The first-order valence-electron chi connectivity index (χ1n) is 14.2. The molecule has 0 heterocycles. The number of ether oxygens (including phenoxy) is 1. The van der Waals surface area contributed by atoms with Crippen molar-refractivity contribution in [1.82, 2.24) is 14.9 Å². The molecule has 0 aliphatic carbocycles. The lowest BCUT2D eigenvalue weighted by molar-refractivity contribution is 0.0320. The van der Waals surface area contributed by atoms with Crippen LogP contribution < -0.4 is 15.8 Å². The smallest absolute Gasteiger partial charge is 0.338 e. The van der Waals surface area contributed by atoms with Crippen molar-refractivity contribution in [3.8, 4) is 0 Å². The van der Waals surface area contributed by atoms with Crippen molar-refractivity contribution < 1.29 is 27.9 Å². The summed E-state index contributed by atoms with van der Waals surface area (Å²) in [5.41, 5.74) is 7.01. The lowest BCUT2D eigenvalue weighted by Gasteiger charge is -2.25. The number of esters is 1. The maximum absolute atomic E-state index is 13.4. The fourth-order valence-electron chi connectivity index (χ4n) is 4.22. The van der Waals surface area contributed by atoms with Gasteiger partial charge in [-0.2, -0.15) is 0 Å². The largest absolute Gasteiger partial charge is 0.456 e. The topological polar surface area (TPSA) is 151 Å². The Bertz CT molecular complexity index is 1260. The van der Waals surface area contributed by atoms with E-state index in [9.17, 15) is 23.1 Å². The number of nitrogens with zero attached hydrogens (tertiary/aromatic N) is 1. The van der Waals surface area contributed by atoms with Gasteiger partial charge in [0.25, 0.3) is 5.91 Å². The molecule has 2 aromatic carbocycles. The van der Waals surface area contributed by atoms with Gasteiger partial charge in [-0.25, -0.2) is 17.9 Å². The summed E-state index contributed by atoms with van der Waals surface area (Å²) >= 11 is 0. The highest BCUT2D eigenvalue weighted by Crippen LogP contribution is 2.21. The third-order valence-corrected chi connectivity index (χ3v) is 8.09. The van der Waals surface area contributed by atoms with E-state index in [1.54, 1.807) is 4.90 Å². The van der Waals surface area contributed by atoms with Crippen LogP contribution in [0.5, 0.6) is 0 Å². The third-order valence-electron chi connectivity index (χ3n) is 6.42. The van der Waals surface area contributed by atoms with Gasteiger partial charge >= 0.3 is 5.97 Å². The second kappa shape index (κ2) is 16.0. The highest BCUT2D eigenvalue weighted by molar-refractivity contribution is 7.89. The van der Waals surface area contributed by atoms with Gasteiger partial charge in [0.1, 0.15) is 6.10 Å². The summed E-state index contributed by atoms with van der Waals surface area (Å²) in [5, 5.41) is 12.9. The van der Waals surface area contributed by atoms with E-state index >= 15 is 0 Å².